The number of benzene rings is 1. The minimum atomic E-state index is 0.678. The standard InChI is InChI=1S/C14H18Cl2N2/c15-12-3-4-13(16)11(6-12)8-18-7-10-2-1-5-17-14(10)9-18/h3-4,6,10,14,17H,1-2,5,7-9H2. The van der Waals surface area contributed by atoms with Gasteiger partial charge in [-0.05, 0) is 49.1 Å². The van der Waals surface area contributed by atoms with Gasteiger partial charge in [0.2, 0.25) is 0 Å². The molecule has 0 bridgehead atoms. The largest absolute Gasteiger partial charge is 0.312 e. The van der Waals surface area contributed by atoms with Gasteiger partial charge in [-0.3, -0.25) is 4.90 Å². The number of likely N-dealkylation sites (tertiary alicyclic amines) is 1. The Morgan fingerprint density at radius 3 is 3.00 bits per heavy atom. The fourth-order valence-electron chi connectivity index (χ4n) is 3.17. The molecule has 2 atom stereocenters. The Morgan fingerprint density at radius 2 is 2.17 bits per heavy atom. The summed E-state index contributed by atoms with van der Waals surface area (Å²) in [6.45, 7) is 4.40. The molecule has 0 radical (unpaired) electrons. The van der Waals surface area contributed by atoms with E-state index in [9.17, 15) is 0 Å². The highest BCUT2D eigenvalue weighted by Gasteiger charge is 2.34. The molecule has 18 heavy (non-hydrogen) atoms. The molecular formula is C14H18Cl2N2. The lowest BCUT2D eigenvalue weighted by Gasteiger charge is -2.24. The van der Waals surface area contributed by atoms with Crippen molar-refractivity contribution in [3.8, 4) is 0 Å². The monoisotopic (exact) mass is 284 g/mol. The van der Waals surface area contributed by atoms with Crippen LogP contribution in [0.4, 0.5) is 0 Å². The Bertz CT molecular complexity index is 422. The third kappa shape index (κ3) is 2.67. The normalized spacial score (nSPS) is 28.3. The summed E-state index contributed by atoms with van der Waals surface area (Å²) in [5.41, 5.74) is 1.14. The van der Waals surface area contributed by atoms with Crippen LogP contribution in [0.25, 0.3) is 0 Å². The first-order valence-electron chi connectivity index (χ1n) is 6.62. The summed E-state index contributed by atoms with van der Waals surface area (Å²) < 4.78 is 0. The van der Waals surface area contributed by atoms with E-state index in [-0.39, 0.29) is 0 Å². The molecule has 2 heterocycles. The molecule has 2 fully saturated rings. The molecule has 0 spiro atoms. The third-order valence-corrected chi connectivity index (χ3v) is 4.68. The highest BCUT2D eigenvalue weighted by Crippen LogP contribution is 2.28. The van der Waals surface area contributed by atoms with Crippen molar-refractivity contribution >= 4 is 23.2 Å². The molecule has 3 rings (SSSR count). The molecule has 2 saturated heterocycles. The van der Waals surface area contributed by atoms with Crippen LogP contribution in [0.15, 0.2) is 18.2 Å². The molecule has 1 aromatic carbocycles. The number of rotatable bonds is 2. The molecule has 1 N–H and O–H groups in total. The molecule has 4 heteroatoms. The number of hydrogen-bond acceptors (Lipinski definition) is 2. The van der Waals surface area contributed by atoms with E-state index in [4.69, 9.17) is 23.2 Å². The Balaban J connectivity index is 1.68. The highest BCUT2D eigenvalue weighted by atomic mass is 35.5. The molecule has 1 aromatic rings. The van der Waals surface area contributed by atoms with Crippen molar-refractivity contribution in [1.82, 2.24) is 10.2 Å². The number of piperidine rings is 1. The molecule has 2 nitrogen and oxygen atoms in total. The summed E-state index contributed by atoms with van der Waals surface area (Å²) in [5.74, 6) is 0.816. The topological polar surface area (TPSA) is 15.3 Å². The maximum Gasteiger partial charge on any atom is 0.0452 e. The number of halogens is 2. The van der Waals surface area contributed by atoms with Crippen molar-refractivity contribution in [3.05, 3.63) is 33.8 Å². The van der Waals surface area contributed by atoms with Gasteiger partial charge in [0.15, 0.2) is 0 Å². The van der Waals surface area contributed by atoms with E-state index >= 15 is 0 Å². The lowest BCUT2D eigenvalue weighted by atomic mass is 9.94. The van der Waals surface area contributed by atoms with Crippen LogP contribution in [0.3, 0.4) is 0 Å². The van der Waals surface area contributed by atoms with Crippen LogP contribution in [0, 0.1) is 5.92 Å². The van der Waals surface area contributed by atoms with Crippen molar-refractivity contribution in [3.63, 3.8) is 0 Å². The van der Waals surface area contributed by atoms with Crippen molar-refractivity contribution in [1.29, 1.82) is 0 Å². The van der Waals surface area contributed by atoms with E-state index in [1.165, 1.54) is 25.9 Å². The number of hydrogen-bond donors (Lipinski definition) is 1. The van der Waals surface area contributed by atoms with Crippen LogP contribution < -0.4 is 5.32 Å². The zero-order valence-electron chi connectivity index (χ0n) is 10.3. The second-order valence-corrected chi connectivity index (χ2v) is 6.24. The van der Waals surface area contributed by atoms with E-state index in [2.05, 4.69) is 10.2 Å². The first-order chi connectivity index (χ1) is 8.72. The van der Waals surface area contributed by atoms with Gasteiger partial charge in [-0.1, -0.05) is 23.2 Å². The second kappa shape index (κ2) is 5.38. The first-order valence-corrected chi connectivity index (χ1v) is 7.37. The van der Waals surface area contributed by atoms with Crippen LogP contribution >= 0.6 is 23.2 Å². The molecule has 0 saturated carbocycles. The van der Waals surface area contributed by atoms with Gasteiger partial charge in [0.05, 0.1) is 0 Å². The van der Waals surface area contributed by atoms with E-state index < -0.39 is 0 Å². The van der Waals surface area contributed by atoms with Crippen LogP contribution in [0.5, 0.6) is 0 Å². The number of fused-ring (bicyclic) bond motifs is 1. The third-order valence-electron chi connectivity index (χ3n) is 4.08. The number of nitrogens with one attached hydrogen (secondary N) is 1. The van der Waals surface area contributed by atoms with Crippen molar-refractivity contribution in [2.45, 2.75) is 25.4 Å². The van der Waals surface area contributed by atoms with Gasteiger partial charge in [-0.2, -0.15) is 0 Å². The molecule has 2 aliphatic heterocycles. The predicted octanol–water partition coefficient (Wildman–Crippen LogP) is 3.18. The lowest BCUT2D eigenvalue weighted by Crippen LogP contribution is -2.40. The van der Waals surface area contributed by atoms with Crippen LogP contribution in [0.2, 0.25) is 10.0 Å². The van der Waals surface area contributed by atoms with Crippen molar-refractivity contribution in [2.24, 2.45) is 5.92 Å². The summed E-state index contributed by atoms with van der Waals surface area (Å²) in [4.78, 5) is 2.49. The van der Waals surface area contributed by atoms with Crippen LogP contribution in [-0.4, -0.2) is 30.6 Å². The average Bonchev–Trinajstić information content (AvgIpc) is 2.76. The fraction of sp³-hybridized carbons (Fsp3) is 0.571. The van der Waals surface area contributed by atoms with Gasteiger partial charge in [0.25, 0.3) is 0 Å². The van der Waals surface area contributed by atoms with Gasteiger partial charge in [-0.25, -0.2) is 0 Å². The fourth-order valence-corrected chi connectivity index (χ4v) is 3.54. The second-order valence-electron chi connectivity index (χ2n) is 5.39. The van der Waals surface area contributed by atoms with Gasteiger partial charge >= 0.3 is 0 Å². The zero-order chi connectivity index (χ0) is 12.5. The first kappa shape index (κ1) is 12.7. The summed E-state index contributed by atoms with van der Waals surface area (Å²) in [5, 5.41) is 5.21. The number of nitrogens with zero attached hydrogens (tertiary/aromatic N) is 1. The molecule has 0 aromatic heterocycles. The molecular weight excluding hydrogens is 267 g/mol. The quantitative estimate of drug-likeness (QED) is 0.898. The minimum Gasteiger partial charge on any atom is -0.312 e. The Labute approximate surface area is 118 Å². The van der Waals surface area contributed by atoms with E-state index in [0.29, 0.717) is 6.04 Å². The van der Waals surface area contributed by atoms with E-state index in [1.807, 2.05) is 18.2 Å². The summed E-state index contributed by atoms with van der Waals surface area (Å²) in [7, 11) is 0. The van der Waals surface area contributed by atoms with E-state index in [1.54, 1.807) is 0 Å². The molecule has 2 unspecified atom stereocenters. The van der Waals surface area contributed by atoms with Crippen molar-refractivity contribution < 1.29 is 0 Å². The van der Waals surface area contributed by atoms with Crippen LogP contribution in [0.1, 0.15) is 18.4 Å². The Kier molecular flexibility index (Phi) is 3.81. The van der Waals surface area contributed by atoms with Gasteiger partial charge in [-0.15, -0.1) is 0 Å². The highest BCUT2D eigenvalue weighted by molar-refractivity contribution is 6.33. The Hall–Kier alpha value is -0.280. The minimum absolute atomic E-state index is 0.678. The molecule has 0 aliphatic carbocycles. The van der Waals surface area contributed by atoms with Crippen LogP contribution in [-0.2, 0) is 6.54 Å². The smallest absolute Gasteiger partial charge is 0.0452 e. The zero-order valence-corrected chi connectivity index (χ0v) is 11.8. The Morgan fingerprint density at radius 1 is 1.28 bits per heavy atom. The summed E-state index contributed by atoms with van der Waals surface area (Å²) >= 11 is 12.3. The summed E-state index contributed by atoms with van der Waals surface area (Å²) in [6.07, 6.45) is 2.67. The summed E-state index contributed by atoms with van der Waals surface area (Å²) in [6, 6.07) is 6.40. The average molecular weight is 285 g/mol. The van der Waals surface area contributed by atoms with Gasteiger partial charge < -0.3 is 5.32 Å². The van der Waals surface area contributed by atoms with E-state index in [0.717, 1.165) is 34.6 Å². The van der Waals surface area contributed by atoms with Gasteiger partial charge in [0, 0.05) is 35.7 Å². The molecule has 0 amide bonds. The molecule has 2 aliphatic rings. The predicted molar refractivity (Wildman–Crippen MR) is 76.3 cm³/mol. The maximum atomic E-state index is 6.23. The lowest BCUT2D eigenvalue weighted by molar-refractivity contribution is 0.313. The SMILES string of the molecule is Clc1ccc(Cl)c(CN2CC3CCCNC3C2)c1. The maximum absolute atomic E-state index is 6.23. The van der Waals surface area contributed by atoms with Gasteiger partial charge in [0.1, 0.15) is 0 Å². The molecule has 98 valence electrons. The van der Waals surface area contributed by atoms with Crippen molar-refractivity contribution in [2.75, 3.05) is 19.6 Å².